The fourth-order valence-electron chi connectivity index (χ4n) is 4.58. The van der Waals surface area contributed by atoms with Crippen LogP contribution >= 0.6 is 0 Å². The van der Waals surface area contributed by atoms with Gasteiger partial charge in [0, 0.05) is 31.2 Å². The molecule has 0 radical (unpaired) electrons. The van der Waals surface area contributed by atoms with Gasteiger partial charge in [-0.25, -0.2) is 9.97 Å². The molecule has 0 saturated carbocycles. The average Bonchev–Trinajstić information content (AvgIpc) is 3.46. The fraction of sp³-hybridized carbons (Fsp3) is 0.710. The summed E-state index contributed by atoms with van der Waals surface area (Å²) >= 11 is 0. The van der Waals surface area contributed by atoms with Crippen LogP contribution in [0, 0.1) is 0 Å². The summed E-state index contributed by atoms with van der Waals surface area (Å²) in [6.45, 7) is 13.1. The first-order valence-corrected chi connectivity index (χ1v) is 15.1. The Morgan fingerprint density at radius 3 is 1.52 bits per heavy atom. The molecule has 2 rings (SSSR count). The predicted octanol–water partition coefficient (Wildman–Crippen LogP) is 5.36. The number of carbonyl (C=O) groups excluding carboxylic acids is 2. The van der Waals surface area contributed by atoms with Crippen molar-refractivity contribution in [2.75, 3.05) is 6.54 Å². The molecule has 236 valence electrons. The summed E-state index contributed by atoms with van der Waals surface area (Å²) in [5.74, 6) is 0.160. The monoisotopic (exact) mass is 589 g/mol. The van der Waals surface area contributed by atoms with E-state index in [-0.39, 0.29) is 31.4 Å². The Bertz CT molecular complexity index is 1040. The largest absolute Gasteiger partial charge is 0.481 e. The highest BCUT2D eigenvalue weighted by Gasteiger charge is 2.21. The number of carboxylic acids is 1. The van der Waals surface area contributed by atoms with Gasteiger partial charge >= 0.3 is 17.9 Å². The molecule has 0 spiro atoms. The number of esters is 2. The zero-order valence-electron chi connectivity index (χ0n) is 26.4. The summed E-state index contributed by atoms with van der Waals surface area (Å²) in [4.78, 5) is 46.9. The first-order valence-electron chi connectivity index (χ1n) is 15.1. The number of carboxylic acid groups (broad SMARTS) is 1. The van der Waals surface area contributed by atoms with Crippen LogP contribution in [0.1, 0.15) is 111 Å². The maximum absolute atomic E-state index is 12.5. The van der Waals surface area contributed by atoms with E-state index in [1.807, 2.05) is 50.7 Å². The molecule has 0 aliphatic heterocycles. The highest BCUT2D eigenvalue weighted by Crippen LogP contribution is 2.15. The van der Waals surface area contributed by atoms with Crippen molar-refractivity contribution in [1.29, 1.82) is 0 Å². The lowest BCUT2D eigenvalue weighted by molar-refractivity contribution is -0.156. The van der Waals surface area contributed by atoms with Gasteiger partial charge < -0.3 is 23.7 Å². The third-order valence-corrected chi connectivity index (χ3v) is 6.39. The minimum absolute atomic E-state index is 0.0835. The SMILES string of the molecule is CC(C)(C)OC(=O)Cn1ccnc1CN(CCCCCCCCCCC(=O)O)Cc1nccn1CC(=O)OC(C)(C)C. The molecule has 1 N–H and O–H groups in total. The molecule has 2 aromatic heterocycles. The van der Waals surface area contributed by atoms with Crippen molar-refractivity contribution < 1.29 is 29.0 Å². The van der Waals surface area contributed by atoms with Crippen molar-refractivity contribution in [3.63, 3.8) is 0 Å². The Hall–Kier alpha value is -3.21. The number of aromatic nitrogens is 4. The molecule has 11 heteroatoms. The molecule has 0 amide bonds. The Balaban J connectivity index is 1.99. The van der Waals surface area contributed by atoms with Gasteiger partial charge in [-0.1, -0.05) is 38.5 Å². The van der Waals surface area contributed by atoms with Crippen molar-refractivity contribution in [2.45, 2.75) is 137 Å². The highest BCUT2D eigenvalue weighted by molar-refractivity contribution is 5.70. The minimum atomic E-state index is -0.723. The van der Waals surface area contributed by atoms with Gasteiger partial charge in [-0.3, -0.25) is 19.3 Å². The first-order chi connectivity index (χ1) is 19.7. The molecule has 0 aliphatic carbocycles. The number of nitrogens with zero attached hydrogens (tertiary/aromatic N) is 5. The molecule has 42 heavy (non-hydrogen) atoms. The number of ether oxygens (including phenoxy) is 2. The molecule has 0 aromatic carbocycles. The summed E-state index contributed by atoms with van der Waals surface area (Å²) in [5.41, 5.74) is -1.12. The number of rotatable bonds is 19. The van der Waals surface area contributed by atoms with E-state index in [0.29, 0.717) is 13.1 Å². The first kappa shape index (κ1) is 35.0. The molecule has 0 saturated heterocycles. The molecule has 0 aliphatic rings. The van der Waals surface area contributed by atoms with Crippen molar-refractivity contribution in [3.05, 3.63) is 36.4 Å². The van der Waals surface area contributed by atoms with E-state index in [4.69, 9.17) is 14.6 Å². The molecule has 2 aromatic rings. The van der Waals surface area contributed by atoms with Crippen LogP contribution in [0.3, 0.4) is 0 Å². The normalized spacial score (nSPS) is 12.1. The number of aliphatic carboxylic acids is 1. The zero-order chi connectivity index (χ0) is 31.2. The van der Waals surface area contributed by atoms with Gasteiger partial charge in [-0.05, 0) is 60.9 Å². The molecule has 0 unspecified atom stereocenters. The third-order valence-electron chi connectivity index (χ3n) is 6.39. The lowest BCUT2D eigenvalue weighted by Crippen LogP contribution is -2.30. The van der Waals surface area contributed by atoms with Crippen LogP contribution in [-0.2, 0) is 50.0 Å². The van der Waals surface area contributed by atoms with Gasteiger partial charge in [-0.15, -0.1) is 0 Å². The minimum Gasteiger partial charge on any atom is -0.481 e. The van der Waals surface area contributed by atoms with Crippen molar-refractivity contribution in [2.24, 2.45) is 0 Å². The van der Waals surface area contributed by atoms with E-state index in [1.54, 1.807) is 24.8 Å². The van der Waals surface area contributed by atoms with E-state index in [1.165, 1.54) is 0 Å². The Morgan fingerprint density at radius 2 is 1.12 bits per heavy atom. The molecule has 2 heterocycles. The van der Waals surface area contributed by atoms with E-state index in [2.05, 4.69) is 14.9 Å². The van der Waals surface area contributed by atoms with Gasteiger partial charge in [0.25, 0.3) is 0 Å². The van der Waals surface area contributed by atoms with Crippen LogP contribution in [0.2, 0.25) is 0 Å². The molecular formula is C31H51N5O6. The van der Waals surface area contributed by atoms with Gasteiger partial charge in [0.2, 0.25) is 0 Å². The van der Waals surface area contributed by atoms with Crippen LogP contribution in [0.5, 0.6) is 0 Å². The summed E-state index contributed by atoms with van der Waals surface area (Å²) < 4.78 is 14.6. The number of carbonyl (C=O) groups is 3. The van der Waals surface area contributed by atoms with Gasteiger partial charge in [-0.2, -0.15) is 0 Å². The number of unbranched alkanes of at least 4 members (excludes halogenated alkanes) is 7. The summed E-state index contributed by atoms with van der Waals surface area (Å²) in [5, 5.41) is 8.75. The number of hydrogen-bond acceptors (Lipinski definition) is 8. The van der Waals surface area contributed by atoms with E-state index in [9.17, 15) is 14.4 Å². The Labute approximate surface area is 250 Å². The topological polar surface area (TPSA) is 129 Å². The molecule has 0 bridgehead atoms. The van der Waals surface area contributed by atoms with Crippen molar-refractivity contribution in [1.82, 2.24) is 24.0 Å². The van der Waals surface area contributed by atoms with Crippen LogP contribution in [-0.4, -0.2) is 64.8 Å². The summed E-state index contributed by atoms with van der Waals surface area (Å²) in [6.07, 6.45) is 15.4. The van der Waals surface area contributed by atoms with E-state index < -0.39 is 17.2 Å². The second-order valence-electron chi connectivity index (χ2n) is 12.8. The maximum Gasteiger partial charge on any atom is 0.326 e. The maximum atomic E-state index is 12.5. The number of hydrogen-bond donors (Lipinski definition) is 1. The molecule has 11 nitrogen and oxygen atoms in total. The average molecular weight is 590 g/mol. The van der Waals surface area contributed by atoms with E-state index >= 15 is 0 Å². The van der Waals surface area contributed by atoms with Crippen LogP contribution in [0.25, 0.3) is 0 Å². The predicted molar refractivity (Wildman–Crippen MR) is 159 cm³/mol. The Kier molecular flexibility index (Phi) is 14.2. The zero-order valence-corrected chi connectivity index (χ0v) is 26.4. The Morgan fingerprint density at radius 1 is 0.714 bits per heavy atom. The standard InChI is InChI=1S/C31H51N5O6/c1-30(2,3)41-28(39)23-35-19-16-32-25(35)21-34(18-14-12-10-8-7-9-11-13-15-27(37)38)22-26-33-17-20-36(26)24-29(40)42-31(4,5)6/h16-17,19-20H,7-15,18,21-24H2,1-6H3,(H,37,38). The van der Waals surface area contributed by atoms with Gasteiger partial charge in [0.05, 0.1) is 13.1 Å². The second-order valence-corrected chi connectivity index (χ2v) is 12.8. The van der Waals surface area contributed by atoms with Crippen LogP contribution < -0.4 is 0 Å². The van der Waals surface area contributed by atoms with Crippen molar-refractivity contribution in [3.8, 4) is 0 Å². The second kappa shape index (κ2) is 17.0. The van der Waals surface area contributed by atoms with Crippen LogP contribution in [0.15, 0.2) is 24.8 Å². The highest BCUT2D eigenvalue weighted by atomic mass is 16.6. The molecule has 0 atom stereocenters. The fourth-order valence-corrected chi connectivity index (χ4v) is 4.58. The third kappa shape index (κ3) is 15.1. The quantitative estimate of drug-likeness (QED) is 0.170. The number of imidazole rings is 2. The molecule has 0 fully saturated rings. The lowest BCUT2D eigenvalue weighted by Gasteiger charge is -2.24. The summed E-state index contributed by atoms with van der Waals surface area (Å²) in [7, 11) is 0. The lowest BCUT2D eigenvalue weighted by atomic mass is 10.1. The molecular weight excluding hydrogens is 538 g/mol. The van der Waals surface area contributed by atoms with Gasteiger partial charge in [0.15, 0.2) is 0 Å². The van der Waals surface area contributed by atoms with Gasteiger partial charge in [0.1, 0.15) is 35.9 Å². The smallest absolute Gasteiger partial charge is 0.326 e. The van der Waals surface area contributed by atoms with E-state index in [0.717, 1.165) is 69.6 Å². The van der Waals surface area contributed by atoms with Crippen molar-refractivity contribution >= 4 is 17.9 Å². The van der Waals surface area contributed by atoms with Crippen LogP contribution in [0.4, 0.5) is 0 Å². The summed E-state index contributed by atoms with van der Waals surface area (Å²) in [6, 6.07) is 0.